The standard InChI is InChI=1S/C16H27N5O3S/c1-3-12-25(22,23)21-6-4-19(5-7-21)15-13-14(2)17-16(18-15)20-8-10-24-11-9-20/h13H,3-12H2,1-2H3. The number of rotatable bonds is 5. The summed E-state index contributed by atoms with van der Waals surface area (Å²) >= 11 is 0. The van der Waals surface area contributed by atoms with Gasteiger partial charge in [0.1, 0.15) is 5.82 Å². The van der Waals surface area contributed by atoms with E-state index in [2.05, 4.69) is 14.8 Å². The Labute approximate surface area is 149 Å². The molecular weight excluding hydrogens is 342 g/mol. The summed E-state index contributed by atoms with van der Waals surface area (Å²) in [4.78, 5) is 13.6. The number of anilines is 2. The Morgan fingerprint density at radius 2 is 1.72 bits per heavy atom. The van der Waals surface area contributed by atoms with E-state index in [4.69, 9.17) is 9.72 Å². The van der Waals surface area contributed by atoms with E-state index in [0.717, 1.165) is 30.5 Å². The van der Waals surface area contributed by atoms with Gasteiger partial charge in [-0.2, -0.15) is 9.29 Å². The molecular formula is C16H27N5O3S. The highest BCUT2D eigenvalue weighted by Crippen LogP contribution is 2.20. The van der Waals surface area contributed by atoms with E-state index in [0.29, 0.717) is 45.8 Å². The molecule has 2 saturated heterocycles. The zero-order chi connectivity index (χ0) is 17.9. The van der Waals surface area contributed by atoms with Crippen molar-refractivity contribution in [3.05, 3.63) is 11.8 Å². The number of hydrogen-bond donors (Lipinski definition) is 0. The molecule has 140 valence electrons. The highest BCUT2D eigenvalue weighted by Gasteiger charge is 2.27. The maximum absolute atomic E-state index is 12.2. The van der Waals surface area contributed by atoms with Gasteiger partial charge in [-0.25, -0.2) is 13.4 Å². The molecule has 2 aliphatic rings. The molecule has 2 aliphatic heterocycles. The van der Waals surface area contributed by atoms with Crippen LogP contribution in [0.25, 0.3) is 0 Å². The fourth-order valence-electron chi connectivity index (χ4n) is 3.19. The van der Waals surface area contributed by atoms with Crippen molar-refractivity contribution < 1.29 is 13.2 Å². The summed E-state index contributed by atoms with van der Waals surface area (Å²) in [6, 6.07) is 1.97. The van der Waals surface area contributed by atoms with E-state index in [1.54, 1.807) is 4.31 Å². The lowest BCUT2D eigenvalue weighted by Gasteiger charge is -2.35. The van der Waals surface area contributed by atoms with E-state index in [1.165, 1.54) is 0 Å². The lowest BCUT2D eigenvalue weighted by atomic mass is 10.3. The van der Waals surface area contributed by atoms with Crippen LogP contribution < -0.4 is 9.80 Å². The molecule has 8 nitrogen and oxygen atoms in total. The van der Waals surface area contributed by atoms with E-state index < -0.39 is 10.0 Å². The molecule has 0 aliphatic carbocycles. The maximum Gasteiger partial charge on any atom is 0.227 e. The Morgan fingerprint density at radius 3 is 2.36 bits per heavy atom. The molecule has 0 amide bonds. The first kappa shape index (κ1) is 18.3. The van der Waals surface area contributed by atoms with E-state index >= 15 is 0 Å². The molecule has 25 heavy (non-hydrogen) atoms. The molecule has 0 unspecified atom stereocenters. The number of aryl methyl sites for hydroxylation is 1. The van der Waals surface area contributed by atoms with Gasteiger partial charge in [-0.05, 0) is 13.3 Å². The molecule has 3 rings (SSSR count). The topological polar surface area (TPSA) is 78.9 Å². The summed E-state index contributed by atoms with van der Waals surface area (Å²) < 4.78 is 31.4. The second kappa shape index (κ2) is 7.84. The molecule has 0 N–H and O–H groups in total. The second-order valence-corrected chi connectivity index (χ2v) is 8.56. The van der Waals surface area contributed by atoms with Crippen LogP contribution in [0.1, 0.15) is 19.0 Å². The quantitative estimate of drug-likeness (QED) is 0.747. The van der Waals surface area contributed by atoms with Crippen LogP contribution in [0.15, 0.2) is 6.07 Å². The number of hydrogen-bond acceptors (Lipinski definition) is 7. The Bertz CT molecular complexity index is 683. The summed E-state index contributed by atoms with van der Waals surface area (Å²) in [6.45, 7) is 9.18. The van der Waals surface area contributed by atoms with Crippen LogP contribution in [0, 0.1) is 6.92 Å². The van der Waals surface area contributed by atoms with Gasteiger partial charge >= 0.3 is 0 Å². The van der Waals surface area contributed by atoms with Crippen molar-refractivity contribution in [2.75, 3.05) is 68.0 Å². The Kier molecular flexibility index (Phi) is 5.75. The molecule has 3 heterocycles. The Hall–Kier alpha value is -1.45. The summed E-state index contributed by atoms with van der Waals surface area (Å²) in [5.74, 6) is 1.83. The molecule has 2 fully saturated rings. The number of piperazine rings is 1. The van der Waals surface area contributed by atoms with E-state index in [1.807, 2.05) is 19.9 Å². The van der Waals surface area contributed by atoms with Gasteiger partial charge in [-0.1, -0.05) is 6.92 Å². The van der Waals surface area contributed by atoms with Crippen molar-refractivity contribution in [1.29, 1.82) is 0 Å². The lowest BCUT2D eigenvalue weighted by molar-refractivity contribution is 0.122. The van der Waals surface area contributed by atoms with Crippen molar-refractivity contribution >= 4 is 21.8 Å². The van der Waals surface area contributed by atoms with Crippen molar-refractivity contribution in [1.82, 2.24) is 14.3 Å². The van der Waals surface area contributed by atoms with Crippen LogP contribution in [0.4, 0.5) is 11.8 Å². The van der Waals surface area contributed by atoms with Gasteiger partial charge in [-0.15, -0.1) is 0 Å². The van der Waals surface area contributed by atoms with Crippen molar-refractivity contribution in [2.45, 2.75) is 20.3 Å². The minimum absolute atomic E-state index is 0.223. The molecule has 0 saturated carbocycles. The third-order valence-electron chi connectivity index (χ3n) is 4.54. The predicted molar refractivity (Wildman–Crippen MR) is 97.7 cm³/mol. The number of ether oxygens (including phenoxy) is 1. The molecule has 1 aromatic heterocycles. The lowest BCUT2D eigenvalue weighted by Crippen LogP contribution is -2.49. The second-order valence-electron chi connectivity index (χ2n) is 6.47. The SMILES string of the molecule is CCCS(=O)(=O)N1CCN(c2cc(C)nc(N3CCOCC3)n2)CC1. The van der Waals surface area contributed by atoms with Crippen LogP contribution in [-0.2, 0) is 14.8 Å². The van der Waals surface area contributed by atoms with Crippen molar-refractivity contribution in [3.8, 4) is 0 Å². The summed E-state index contributed by atoms with van der Waals surface area (Å²) in [6.07, 6.45) is 0.649. The zero-order valence-electron chi connectivity index (χ0n) is 15.0. The first-order valence-electron chi connectivity index (χ1n) is 8.91. The molecule has 0 radical (unpaired) electrons. The van der Waals surface area contributed by atoms with Crippen LogP contribution in [0.5, 0.6) is 0 Å². The first-order valence-corrected chi connectivity index (χ1v) is 10.5. The van der Waals surface area contributed by atoms with Crippen molar-refractivity contribution in [2.24, 2.45) is 0 Å². The van der Waals surface area contributed by atoms with Gasteiger partial charge < -0.3 is 14.5 Å². The smallest absolute Gasteiger partial charge is 0.227 e. The van der Waals surface area contributed by atoms with Crippen LogP contribution in [-0.4, -0.2) is 80.9 Å². The first-order chi connectivity index (χ1) is 12.0. The Morgan fingerprint density at radius 1 is 1.04 bits per heavy atom. The number of aromatic nitrogens is 2. The fraction of sp³-hybridized carbons (Fsp3) is 0.750. The highest BCUT2D eigenvalue weighted by atomic mass is 32.2. The predicted octanol–water partition coefficient (Wildman–Crippen LogP) is 0.483. The van der Waals surface area contributed by atoms with Gasteiger partial charge in [0, 0.05) is 51.0 Å². The molecule has 0 aromatic carbocycles. The molecule has 0 spiro atoms. The normalized spacial score (nSPS) is 20.1. The third kappa shape index (κ3) is 4.39. The minimum Gasteiger partial charge on any atom is -0.378 e. The molecule has 0 bridgehead atoms. The van der Waals surface area contributed by atoms with Crippen LogP contribution in [0.2, 0.25) is 0 Å². The van der Waals surface area contributed by atoms with Crippen LogP contribution in [0.3, 0.4) is 0 Å². The van der Waals surface area contributed by atoms with Gasteiger partial charge in [-0.3, -0.25) is 0 Å². The summed E-state index contributed by atoms with van der Waals surface area (Å²) in [7, 11) is -3.12. The van der Waals surface area contributed by atoms with E-state index in [9.17, 15) is 8.42 Å². The number of sulfonamides is 1. The van der Waals surface area contributed by atoms with E-state index in [-0.39, 0.29) is 5.75 Å². The highest BCUT2D eigenvalue weighted by molar-refractivity contribution is 7.89. The summed E-state index contributed by atoms with van der Waals surface area (Å²) in [5.41, 5.74) is 0.924. The number of nitrogens with zero attached hydrogens (tertiary/aromatic N) is 5. The average molecular weight is 369 g/mol. The molecule has 1 aromatic rings. The van der Waals surface area contributed by atoms with Gasteiger partial charge in [0.15, 0.2) is 0 Å². The monoisotopic (exact) mass is 369 g/mol. The Balaban J connectivity index is 1.70. The van der Waals surface area contributed by atoms with Gasteiger partial charge in [0.05, 0.1) is 19.0 Å². The van der Waals surface area contributed by atoms with Crippen LogP contribution >= 0.6 is 0 Å². The van der Waals surface area contributed by atoms with Crippen molar-refractivity contribution in [3.63, 3.8) is 0 Å². The van der Waals surface area contributed by atoms with Gasteiger partial charge in [0.25, 0.3) is 0 Å². The molecule has 0 atom stereocenters. The largest absolute Gasteiger partial charge is 0.378 e. The average Bonchev–Trinajstić information content (AvgIpc) is 2.62. The fourth-order valence-corrected chi connectivity index (χ4v) is 4.68. The number of morpholine rings is 1. The third-order valence-corrected chi connectivity index (χ3v) is 6.62. The van der Waals surface area contributed by atoms with Gasteiger partial charge in [0.2, 0.25) is 16.0 Å². The maximum atomic E-state index is 12.2. The summed E-state index contributed by atoms with van der Waals surface area (Å²) in [5, 5.41) is 0. The molecule has 9 heteroatoms. The zero-order valence-corrected chi connectivity index (χ0v) is 15.8. The minimum atomic E-state index is -3.12.